The number of nitrogens with zero attached hydrogens (tertiary/aromatic N) is 1. The van der Waals surface area contributed by atoms with Crippen LogP contribution >= 0.6 is 11.6 Å². The third-order valence-electron chi connectivity index (χ3n) is 5.16. The van der Waals surface area contributed by atoms with Gasteiger partial charge < -0.3 is 5.11 Å². The molecule has 0 aliphatic heterocycles. The van der Waals surface area contributed by atoms with Crippen LogP contribution in [0.15, 0.2) is 71.6 Å². The van der Waals surface area contributed by atoms with Crippen LogP contribution in [0.2, 0.25) is 5.02 Å². The summed E-state index contributed by atoms with van der Waals surface area (Å²) in [5.74, 6) is -1.23. The first-order chi connectivity index (χ1) is 16.2. The molecule has 0 amide bonds. The Labute approximate surface area is 202 Å². The minimum absolute atomic E-state index is 0.0892. The summed E-state index contributed by atoms with van der Waals surface area (Å²) >= 11 is 5.81. The van der Waals surface area contributed by atoms with Crippen LogP contribution in [0, 0.1) is 11.3 Å². The fourth-order valence-electron chi connectivity index (χ4n) is 3.37. The van der Waals surface area contributed by atoms with Crippen molar-refractivity contribution in [3.8, 4) is 6.07 Å². The molecule has 2 N–H and O–H groups in total. The highest BCUT2D eigenvalue weighted by Gasteiger charge is 2.16. The number of aryl methyl sites for hydroxylation is 1. The van der Waals surface area contributed by atoms with Crippen LogP contribution in [-0.2, 0) is 27.7 Å². The number of benzene rings is 3. The third-order valence-corrected chi connectivity index (χ3v) is 6.89. The topological polar surface area (TPSA) is 124 Å². The van der Waals surface area contributed by atoms with Crippen LogP contribution in [0.1, 0.15) is 39.0 Å². The van der Waals surface area contributed by atoms with Gasteiger partial charge in [0.25, 0.3) is 0 Å². The lowest BCUT2D eigenvalue weighted by molar-refractivity contribution is -0.136. The molecule has 3 rings (SSSR count). The summed E-state index contributed by atoms with van der Waals surface area (Å²) in [7, 11) is -3.73. The third kappa shape index (κ3) is 6.51. The molecule has 0 aromatic heterocycles. The lowest BCUT2D eigenvalue weighted by atomic mass is 9.94. The van der Waals surface area contributed by atoms with Gasteiger partial charge >= 0.3 is 5.97 Å². The molecule has 0 saturated carbocycles. The lowest BCUT2D eigenvalue weighted by Gasteiger charge is -2.12. The van der Waals surface area contributed by atoms with Crippen LogP contribution in [0.25, 0.3) is 0 Å². The Hall–Kier alpha value is -3.51. The molecule has 9 heteroatoms. The number of nitrogens with one attached hydrogen (secondary N) is 1. The molecule has 0 spiro atoms. The minimum Gasteiger partial charge on any atom is -0.481 e. The molecule has 0 radical (unpaired) electrons. The van der Waals surface area contributed by atoms with Crippen molar-refractivity contribution in [2.45, 2.75) is 24.2 Å². The Kier molecular flexibility index (Phi) is 8.18. The van der Waals surface area contributed by atoms with Gasteiger partial charge in [0.1, 0.15) is 0 Å². The number of carbonyl (C=O) groups excluding carboxylic acids is 1. The minimum atomic E-state index is -3.73. The van der Waals surface area contributed by atoms with E-state index in [0.717, 1.165) is 5.56 Å². The largest absolute Gasteiger partial charge is 0.481 e. The molecule has 0 heterocycles. The number of carboxylic acids is 1. The monoisotopic (exact) mass is 496 g/mol. The van der Waals surface area contributed by atoms with E-state index in [4.69, 9.17) is 22.0 Å². The maximum absolute atomic E-state index is 12.9. The zero-order valence-electron chi connectivity index (χ0n) is 18.0. The van der Waals surface area contributed by atoms with Crippen LogP contribution in [0.4, 0.5) is 0 Å². The van der Waals surface area contributed by atoms with E-state index in [0.29, 0.717) is 33.7 Å². The summed E-state index contributed by atoms with van der Waals surface area (Å²) in [5, 5.41) is 18.5. The van der Waals surface area contributed by atoms with Gasteiger partial charge in [-0.15, -0.1) is 0 Å². The standard InChI is InChI=1S/C25H21ClN2O5S/c26-22-8-10-23(11-9-22)34(32,33)28-14-13-18-5-6-21(15-20(18)7-12-24(29)30)25(31)19-3-1-17(16-27)2-4-19/h1-6,8-11,15,28H,7,12-14H2,(H,29,30). The number of ketones is 1. The molecule has 0 saturated heterocycles. The molecule has 0 bridgehead atoms. The van der Waals surface area contributed by atoms with E-state index < -0.39 is 16.0 Å². The first-order valence-electron chi connectivity index (χ1n) is 10.3. The van der Waals surface area contributed by atoms with Crippen molar-refractivity contribution < 1.29 is 23.1 Å². The van der Waals surface area contributed by atoms with Crippen molar-refractivity contribution in [1.29, 1.82) is 5.26 Å². The second kappa shape index (κ2) is 11.1. The van der Waals surface area contributed by atoms with Crippen LogP contribution in [-0.4, -0.2) is 31.8 Å². The van der Waals surface area contributed by atoms with Gasteiger partial charge in [0.2, 0.25) is 10.0 Å². The molecule has 34 heavy (non-hydrogen) atoms. The fraction of sp³-hybridized carbons (Fsp3) is 0.160. The van der Waals surface area contributed by atoms with Crippen LogP contribution < -0.4 is 4.72 Å². The first kappa shape index (κ1) is 25.1. The summed E-state index contributed by atoms with van der Waals surface area (Å²) in [6.07, 6.45) is 0.383. The number of halogens is 1. The molecule has 0 atom stereocenters. The summed E-state index contributed by atoms with van der Waals surface area (Å²) < 4.78 is 27.5. The van der Waals surface area contributed by atoms with Gasteiger partial charge in [-0.05, 0) is 78.6 Å². The van der Waals surface area contributed by atoms with Crippen molar-refractivity contribution in [1.82, 2.24) is 4.72 Å². The second-order valence-electron chi connectivity index (χ2n) is 7.50. The number of hydrogen-bond donors (Lipinski definition) is 2. The Morgan fingerprint density at radius 2 is 1.56 bits per heavy atom. The zero-order valence-corrected chi connectivity index (χ0v) is 19.6. The zero-order chi connectivity index (χ0) is 24.7. The van der Waals surface area contributed by atoms with Crippen molar-refractivity contribution in [2.24, 2.45) is 0 Å². The summed E-state index contributed by atoms with van der Waals surface area (Å²) in [4.78, 5) is 24.1. The number of hydrogen-bond acceptors (Lipinski definition) is 5. The summed E-state index contributed by atoms with van der Waals surface area (Å²) in [5.41, 5.74) is 2.64. The number of aliphatic carboxylic acids is 1. The van der Waals surface area contributed by atoms with Crippen molar-refractivity contribution in [3.63, 3.8) is 0 Å². The predicted molar refractivity (Wildman–Crippen MR) is 127 cm³/mol. The normalized spacial score (nSPS) is 11.1. The highest BCUT2D eigenvalue weighted by atomic mass is 35.5. The van der Waals surface area contributed by atoms with E-state index in [-0.39, 0.29) is 30.1 Å². The van der Waals surface area contributed by atoms with Crippen molar-refractivity contribution in [3.05, 3.63) is 99.6 Å². The van der Waals surface area contributed by atoms with E-state index in [1.807, 2.05) is 6.07 Å². The highest BCUT2D eigenvalue weighted by molar-refractivity contribution is 7.89. The van der Waals surface area contributed by atoms with Crippen molar-refractivity contribution in [2.75, 3.05) is 6.54 Å². The Balaban J connectivity index is 1.78. The second-order valence-corrected chi connectivity index (χ2v) is 9.70. The lowest BCUT2D eigenvalue weighted by Crippen LogP contribution is -2.26. The molecule has 174 valence electrons. The Morgan fingerprint density at radius 1 is 0.912 bits per heavy atom. The van der Waals surface area contributed by atoms with E-state index in [2.05, 4.69) is 4.72 Å². The number of rotatable bonds is 10. The average molecular weight is 497 g/mol. The van der Waals surface area contributed by atoms with Gasteiger partial charge in [-0.2, -0.15) is 5.26 Å². The number of sulfonamides is 1. The first-order valence-corrected chi connectivity index (χ1v) is 12.2. The number of nitriles is 1. The molecular formula is C25H21ClN2O5S. The van der Waals surface area contributed by atoms with Gasteiger partial charge in [-0.25, -0.2) is 13.1 Å². The smallest absolute Gasteiger partial charge is 0.303 e. The molecule has 0 unspecified atom stereocenters. The van der Waals surface area contributed by atoms with Gasteiger partial charge in [0.15, 0.2) is 5.78 Å². The molecule has 3 aromatic carbocycles. The van der Waals surface area contributed by atoms with Gasteiger partial charge in [0, 0.05) is 29.1 Å². The number of carboxylic acid groups (broad SMARTS) is 1. The quantitative estimate of drug-likeness (QED) is 0.409. The SMILES string of the molecule is N#Cc1ccc(C(=O)c2ccc(CCNS(=O)(=O)c3ccc(Cl)cc3)c(CCC(=O)O)c2)cc1. The van der Waals surface area contributed by atoms with Gasteiger partial charge in [0.05, 0.1) is 16.5 Å². The van der Waals surface area contributed by atoms with Gasteiger partial charge in [-0.3, -0.25) is 9.59 Å². The Morgan fingerprint density at radius 3 is 2.18 bits per heavy atom. The molecule has 7 nitrogen and oxygen atoms in total. The fourth-order valence-corrected chi connectivity index (χ4v) is 4.52. The van der Waals surface area contributed by atoms with E-state index >= 15 is 0 Å². The highest BCUT2D eigenvalue weighted by Crippen LogP contribution is 2.19. The Bertz CT molecular complexity index is 1350. The van der Waals surface area contributed by atoms with Crippen molar-refractivity contribution >= 4 is 33.4 Å². The molecule has 0 aliphatic carbocycles. The molecular weight excluding hydrogens is 476 g/mol. The van der Waals surface area contributed by atoms with Crippen LogP contribution in [0.3, 0.4) is 0 Å². The molecule has 0 aliphatic rings. The molecule has 0 fully saturated rings. The summed E-state index contributed by atoms with van der Waals surface area (Å²) in [6, 6.07) is 19.0. The maximum Gasteiger partial charge on any atom is 0.303 e. The number of carbonyl (C=O) groups is 2. The van der Waals surface area contributed by atoms with E-state index in [1.165, 1.54) is 24.3 Å². The van der Waals surface area contributed by atoms with Gasteiger partial charge in [-0.1, -0.05) is 23.7 Å². The summed E-state index contributed by atoms with van der Waals surface area (Å²) in [6.45, 7) is 0.0912. The maximum atomic E-state index is 12.9. The average Bonchev–Trinajstić information content (AvgIpc) is 2.83. The predicted octanol–water partition coefficient (Wildman–Crippen LogP) is 3.98. The molecule has 3 aromatic rings. The van der Waals surface area contributed by atoms with E-state index in [1.54, 1.807) is 42.5 Å². The van der Waals surface area contributed by atoms with E-state index in [9.17, 15) is 18.0 Å². The van der Waals surface area contributed by atoms with Crippen LogP contribution in [0.5, 0.6) is 0 Å².